The fourth-order valence-corrected chi connectivity index (χ4v) is 3.89. The van der Waals surface area contributed by atoms with Crippen LogP contribution in [0.4, 0.5) is 11.5 Å². The van der Waals surface area contributed by atoms with Crippen molar-refractivity contribution in [2.75, 3.05) is 24.7 Å². The molecule has 0 radical (unpaired) electrons. The van der Waals surface area contributed by atoms with Gasteiger partial charge in [-0.1, -0.05) is 54.6 Å². The number of rotatable bonds is 6. The summed E-state index contributed by atoms with van der Waals surface area (Å²) in [7, 11) is 4.04. The molecule has 0 aliphatic carbocycles. The number of aromatic nitrogens is 3. The predicted octanol–water partition coefficient (Wildman–Crippen LogP) is 5.59. The van der Waals surface area contributed by atoms with Crippen LogP contribution in [0.5, 0.6) is 5.75 Å². The van der Waals surface area contributed by atoms with Gasteiger partial charge in [0.05, 0.1) is 11.1 Å². The number of hydrogen-bond acceptors (Lipinski definition) is 6. The van der Waals surface area contributed by atoms with Crippen molar-refractivity contribution in [1.82, 2.24) is 15.0 Å². The van der Waals surface area contributed by atoms with Gasteiger partial charge >= 0.3 is 0 Å². The molecule has 0 unspecified atom stereocenters. The number of nitrogen functional groups attached to an aromatic ring is 1. The molecule has 6 heteroatoms. The number of fused-ring (bicyclic) bond motifs is 1. The van der Waals surface area contributed by atoms with Crippen molar-refractivity contribution in [3.05, 3.63) is 96.8 Å². The standard InChI is InChI=1S/C28H25N5O/c1-33(2)22-13-11-20(12-14-22)25-16-24(26-27(29)30-18-31-28(26)32-25)21-9-6-10-23(15-21)34-17-19-7-4-3-5-8-19/h3-16,18H,17H2,1-2H3,(H2,29,30,31,32). The van der Waals surface area contributed by atoms with Crippen LogP contribution in [0.2, 0.25) is 0 Å². The Bertz CT molecular complexity index is 1430. The second-order valence-corrected chi connectivity index (χ2v) is 8.26. The molecule has 0 saturated heterocycles. The van der Waals surface area contributed by atoms with Gasteiger partial charge in [0.2, 0.25) is 0 Å². The van der Waals surface area contributed by atoms with Crippen molar-refractivity contribution < 1.29 is 4.74 Å². The van der Waals surface area contributed by atoms with Crippen LogP contribution in [0.1, 0.15) is 5.56 Å². The molecular formula is C28H25N5O. The summed E-state index contributed by atoms with van der Waals surface area (Å²) in [5.74, 6) is 1.18. The highest BCUT2D eigenvalue weighted by molar-refractivity contribution is 6.01. The van der Waals surface area contributed by atoms with Crippen LogP contribution < -0.4 is 15.4 Å². The molecule has 2 N–H and O–H groups in total. The summed E-state index contributed by atoms with van der Waals surface area (Å²) >= 11 is 0. The van der Waals surface area contributed by atoms with E-state index in [9.17, 15) is 0 Å². The third-order valence-electron chi connectivity index (χ3n) is 5.71. The normalized spacial score (nSPS) is 10.9. The zero-order valence-corrected chi connectivity index (χ0v) is 19.1. The van der Waals surface area contributed by atoms with Gasteiger partial charge in [0, 0.05) is 25.3 Å². The highest BCUT2D eigenvalue weighted by atomic mass is 16.5. The van der Waals surface area contributed by atoms with Gasteiger partial charge < -0.3 is 15.4 Å². The number of nitrogens with two attached hydrogens (primary N) is 1. The molecular weight excluding hydrogens is 422 g/mol. The van der Waals surface area contributed by atoms with E-state index < -0.39 is 0 Å². The molecule has 0 fully saturated rings. The zero-order valence-electron chi connectivity index (χ0n) is 19.1. The first-order valence-electron chi connectivity index (χ1n) is 11.0. The van der Waals surface area contributed by atoms with Crippen LogP contribution in [0, 0.1) is 0 Å². The van der Waals surface area contributed by atoms with E-state index in [0.717, 1.165) is 44.8 Å². The van der Waals surface area contributed by atoms with E-state index in [1.807, 2.05) is 74.8 Å². The Hall–Kier alpha value is -4.45. The molecule has 6 nitrogen and oxygen atoms in total. The molecule has 0 aliphatic rings. The quantitative estimate of drug-likeness (QED) is 0.366. The van der Waals surface area contributed by atoms with Crippen molar-refractivity contribution in [2.24, 2.45) is 0 Å². The van der Waals surface area contributed by atoms with E-state index in [0.29, 0.717) is 18.1 Å². The molecule has 2 aromatic heterocycles. The Kier molecular flexibility index (Phi) is 5.79. The lowest BCUT2D eigenvalue weighted by Gasteiger charge is -2.14. The maximum atomic E-state index is 6.28. The maximum Gasteiger partial charge on any atom is 0.165 e. The molecule has 5 aromatic rings. The minimum atomic E-state index is 0.401. The topological polar surface area (TPSA) is 77.2 Å². The fourth-order valence-electron chi connectivity index (χ4n) is 3.89. The number of ether oxygens (including phenoxy) is 1. The van der Waals surface area contributed by atoms with Gasteiger partial charge in [-0.3, -0.25) is 0 Å². The molecule has 0 saturated carbocycles. The van der Waals surface area contributed by atoms with Crippen molar-refractivity contribution in [3.8, 4) is 28.1 Å². The molecule has 5 rings (SSSR count). The van der Waals surface area contributed by atoms with Crippen LogP contribution >= 0.6 is 0 Å². The third kappa shape index (κ3) is 4.38. The van der Waals surface area contributed by atoms with Gasteiger partial charge in [0.15, 0.2) is 5.65 Å². The Labute approximate surface area is 198 Å². The van der Waals surface area contributed by atoms with Gasteiger partial charge in [0.25, 0.3) is 0 Å². The van der Waals surface area contributed by atoms with Crippen LogP contribution in [-0.2, 0) is 6.61 Å². The molecule has 0 spiro atoms. The average Bonchev–Trinajstić information content (AvgIpc) is 2.88. The monoisotopic (exact) mass is 447 g/mol. The number of anilines is 2. The summed E-state index contributed by atoms with van der Waals surface area (Å²) in [6.45, 7) is 0.496. The highest BCUT2D eigenvalue weighted by Crippen LogP contribution is 2.35. The second-order valence-electron chi connectivity index (χ2n) is 8.26. The zero-order chi connectivity index (χ0) is 23.5. The average molecular weight is 448 g/mol. The van der Waals surface area contributed by atoms with Crippen molar-refractivity contribution >= 4 is 22.5 Å². The van der Waals surface area contributed by atoms with Crippen LogP contribution in [0.15, 0.2) is 91.3 Å². The fraction of sp³-hybridized carbons (Fsp3) is 0.107. The smallest absolute Gasteiger partial charge is 0.165 e. The summed E-state index contributed by atoms with van der Waals surface area (Å²) in [5, 5.41) is 0.733. The van der Waals surface area contributed by atoms with E-state index in [1.165, 1.54) is 6.33 Å². The Morgan fingerprint density at radius 2 is 1.62 bits per heavy atom. The molecule has 0 aliphatic heterocycles. The Balaban J connectivity index is 1.57. The Morgan fingerprint density at radius 1 is 0.824 bits per heavy atom. The molecule has 34 heavy (non-hydrogen) atoms. The lowest BCUT2D eigenvalue weighted by atomic mass is 9.99. The molecule has 168 valence electrons. The minimum Gasteiger partial charge on any atom is -0.489 e. The number of pyridine rings is 1. The summed E-state index contributed by atoms with van der Waals surface area (Å²) in [4.78, 5) is 15.5. The maximum absolute atomic E-state index is 6.28. The number of hydrogen-bond donors (Lipinski definition) is 1. The number of nitrogens with zero attached hydrogens (tertiary/aromatic N) is 4. The van der Waals surface area contributed by atoms with Crippen molar-refractivity contribution in [3.63, 3.8) is 0 Å². The van der Waals surface area contributed by atoms with Crippen LogP contribution in [0.25, 0.3) is 33.4 Å². The third-order valence-corrected chi connectivity index (χ3v) is 5.71. The summed E-state index contributed by atoms with van der Waals surface area (Å²) < 4.78 is 6.06. The summed E-state index contributed by atoms with van der Waals surface area (Å²) in [6, 6.07) is 28.4. The SMILES string of the molecule is CN(C)c1ccc(-c2cc(-c3cccc(OCc4ccccc4)c3)c3c(N)ncnc3n2)cc1. The minimum absolute atomic E-state index is 0.401. The van der Waals surface area contributed by atoms with Crippen molar-refractivity contribution in [2.45, 2.75) is 6.61 Å². The molecule has 0 atom stereocenters. The van der Waals surface area contributed by atoms with Crippen LogP contribution in [0.3, 0.4) is 0 Å². The molecule has 2 heterocycles. The predicted molar refractivity (Wildman–Crippen MR) is 138 cm³/mol. The van der Waals surface area contributed by atoms with Gasteiger partial charge in [-0.2, -0.15) is 0 Å². The van der Waals surface area contributed by atoms with E-state index in [-0.39, 0.29) is 0 Å². The van der Waals surface area contributed by atoms with E-state index >= 15 is 0 Å². The summed E-state index contributed by atoms with van der Waals surface area (Å²) in [5.41, 5.74) is 12.8. The largest absolute Gasteiger partial charge is 0.489 e. The first-order valence-corrected chi connectivity index (χ1v) is 11.0. The lowest BCUT2D eigenvalue weighted by Crippen LogP contribution is -2.08. The van der Waals surface area contributed by atoms with Gasteiger partial charge in [-0.05, 0) is 47.0 Å². The summed E-state index contributed by atoms with van der Waals surface area (Å²) in [6.07, 6.45) is 1.45. The first-order chi connectivity index (χ1) is 16.6. The van der Waals surface area contributed by atoms with Crippen LogP contribution in [-0.4, -0.2) is 29.0 Å². The van der Waals surface area contributed by atoms with Gasteiger partial charge in [-0.15, -0.1) is 0 Å². The van der Waals surface area contributed by atoms with Gasteiger partial charge in [0.1, 0.15) is 24.5 Å². The van der Waals surface area contributed by atoms with Gasteiger partial charge in [-0.25, -0.2) is 15.0 Å². The Morgan fingerprint density at radius 3 is 2.38 bits per heavy atom. The van der Waals surface area contributed by atoms with E-state index in [4.69, 9.17) is 15.5 Å². The second kappa shape index (κ2) is 9.19. The molecule has 3 aromatic carbocycles. The molecule has 0 amide bonds. The first kappa shape index (κ1) is 21.4. The van der Waals surface area contributed by atoms with Crippen molar-refractivity contribution in [1.29, 1.82) is 0 Å². The highest BCUT2D eigenvalue weighted by Gasteiger charge is 2.14. The lowest BCUT2D eigenvalue weighted by molar-refractivity contribution is 0.306. The van der Waals surface area contributed by atoms with E-state index in [1.54, 1.807) is 0 Å². The molecule has 0 bridgehead atoms. The number of benzene rings is 3. The van der Waals surface area contributed by atoms with E-state index in [2.05, 4.69) is 39.1 Å².